The van der Waals surface area contributed by atoms with Gasteiger partial charge in [0.2, 0.25) is 5.28 Å². The molecule has 1 N–H and O–H groups in total. The van der Waals surface area contributed by atoms with Crippen molar-refractivity contribution in [2.75, 3.05) is 0 Å². The number of fused-ring (bicyclic) bond motifs is 1. The number of aryl methyl sites for hydroxylation is 1. The summed E-state index contributed by atoms with van der Waals surface area (Å²) in [6.45, 7) is 1.70. The summed E-state index contributed by atoms with van der Waals surface area (Å²) in [5.74, 6) is -0.571. The molecule has 1 aromatic carbocycles. The van der Waals surface area contributed by atoms with Gasteiger partial charge in [0.25, 0.3) is 5.56 Å². The van der Waals surface area contributed by atoms with Gasteiger partial charge < -0.3 is 0 Å². The molecule has 2 rings (SSSR count). The van der Waals surface area contributed by atoms with Crippen LogP contribution in [0, 0.1) is 12.7 Å². The highest BCUT2D eigenvalue weighted by Gasteiger charge is 2.13. The summed E-state index contributed by atoms with van der Waals surface area (Å²) < 4.78 is 14.0. The monoisotopic (exact) mass is 290 g/mol. The van der Waals surface area contributed by atoms with Gasteiger partial charge in [-0.25, -0.2) is 9.37 Å². The molecule has 0 amide bonds. The first kappa shape index (κ1) is 10.6. The molecule has 1 aromatic heterocycles. The van der Waals surface area contributed by atoms with E-state index in [0.29, 0.717) is 10.0 Å². The van der Waals surface area contributed by atoms with E-state index in [1.54, 1.807) is 13.0 Å². The largest absolute Gasteiger partial charge is 0.297 e. The Kier molecular flexibility index (Phi) is 2.52. The normalized spacial score (nSPS) is 10.9. The van der Waals surface area contributed by atoms with Crippen LogP contribution >= 0.6 is 27.5 Å². The van der Waals surface area contributed by atoms with Crippen molar-refractivity contribution in [2.45, 2.75) is 6.92 Å². The van der Waals surface area contributed by atoms with Crippen molar-refractivity contribution < 1.29 is 4.39 Å². The Morgan fingerprint density at radius 1 is 1.60 bits per heavy atom. The molecule has 2 aromatic rings. The Hall–Kier alpha value is -0.940. The van der Waals surface area contributed by atoms with Crippen LogP contribution in [0.25, 0.3) is 10.9 Å². The molecular weight excluding hydrogens is 286 g/mol. The maximum Gasteiger partial charge on any atom is 0.259 e. The predicted molar refractivity (Wildman–Crippen MR) is 59.8 cm³/mol. The molecule has 0 aliphatic carbocycles. The van der Waals surface area contributed by atoms with Crippen molar-refractivity contribution in [3.8, 4) is 0 Å². The van der Waals surface area contributed by atoms with E-state index in [1.165, 1.54) is 0 Å². The molecule has 15 heavy (non-hydrogen) atoms. The third kappa shape index (κ3) is 1.66. The fourth-order valence-electron chi connectivity index (χ4n) is 1.31. The predicted octanol–water partition coefficient (Wildman–Crippen LogP) is 2.79. The molecule has 0 unspecified atom stereocenters. The Balaban J connectivity index is 3.05. The zero-order valence-electron chi connectivity index (χ0n) is 7.57. The third-order valence-electron chi connectivity index (χ3n) is 2.03. The van der Waals surface area contributed by atoms with Crippen LogP contribution in [0.15, 0.2) is 15.3 Å². The lowest BCUT2D eigenvalue weighted by Crippen LogP contribution is -2.09. The molecule has 0 aliphatic rings. The first-order valence-electron chi connectivity index (χ1n) is 4.05. The first-order valence-corrected chi connectivity index (χ1v) is 5.22. The summed E-state index contributed by atoms with van der Waals surface area (Å²) in [4.78, 5) is 17.5. The van der Waals surface area contributed by atoms with Gasteiger partial charge in [0, 0.05) is 0 Å². The minimum absolute atomic E-state index is 0.0266. The van der Waals surface area contributed by atoms with Crippen LogP contribution in [0.3, 0.4) is 0 Å². The molecule has 1 heterocycles. The Bertz CT molecular complexity index is 611. The fraction of sp³-hybridized carbons (Fsp3) is 0.111. The van der Waals surface area contributed by atoms with Crippen LogP contribution < -0.4 is 5.56 Å². The average molecular weight is 292 g/mol. The molecule has 6 heteroatoms. The lowest BCUT2D eigenvalue weighted by atomic mass is 10.1. The molecule has 0 atom stereocenters. The van der Waals surface area contributed by atoms with Crippen LogP contribution in [0.4, 0.5) is 4.39 Å². The van der Waals surface area contributed by atoms with Gasteiger partial charge in [0.15, 0.2) is 5.82 Å². The second-order valence-electron chi connectivity index (χ2n) is 3.07. The SMILES string of the molecule is Cc1cc2c(=O)[nH]c(Cl)nc2c(F)c1Br. The lowest BCUT2D eigenvalue weighted by Gasteiger charge is -2.03. The van der Waals surface area contributed by atoms with Crippen LogP contribution in [0.1, 0.15) is 5.56 Å². The van der Waals surface area contributed by atoms with Crippen LogP contribution in [0.5, 0.6) is 0 Å². The second kappa shape index (κ2) is 3.57. The molecule has 0 aliphatic heterocycles. The number of aromatic nitrogens is 2. The summed E-state index contributed by atoms with van der Waals surface area (Å²) in [6, 6.07) is 1.56. The number of hydrogen-bond donors (Lipinski definition) is 1. The lowest BCUT2D eigenvalue weighted by molar-refractivity contribution is 0.628. The standard InChI is InChI=1S/C9H5BrClFN2O/c1-3-2-4-7(6(12)5(3)10)13-9(11)14-8(4)15/h2H,1H3,(H,13,14,15). The molecule has 0 spiro atoms. The average Bonchev–Trinajstić information content (AvgIpc) is 2.17. The van der Waals surface area contributed by atoms with Gasteiger partial charge >= 0.3 is 0 Å². The summed E-state index contributed by atoms with van der Waals surface area (Å²) in [7, 11) is 0. The highest BCUT2D eigenvalue weighted by Crippen LogP contribution is 2.25. The van der Waals surface area contributed by atoms with E-state index in [-0.39, 0.29) is 16.2 Å². The summed E-state index contributed by atoms with van der Waals surface area (Å²) in [5, 5.41) is 0.0692. The number of hydrogen-bond acceptors (Lipinski definition) is 2. The van der Waals surface area contributed by atoms with Crippen molar-refractivity contribution in [1.29, 1.82) is 0 Å². The number of halogens is 3. The molecule has 0 radical (unpaired) electrons. The quantitative estimate of drug-likeness (QED) is 0.759. The zero-order valence-corrected chi connectivity index (χ0v) is 9.91. The molecular formula is C9H5BrClFN2O. The fourth-order valence-corrected chi connectivity index (χ4v) is 1.79. The third-order valence-corrected chi connectivity index (χ3v) is 3.19. The van der Waals surface area contributed by atoms with Gasteiger partial charge in [-0.2, -0.15) is 0 Å². The van der Waals surface area contributed by atoms with E-state index in [0.717, 1.165) is 0 Å². The summed E-state index contributed by atoms with van der Waals surface area (Å²) in [5.41, 5.74) is 0.162. The van der Waals surface area contributed by atoms with Gasteiger partial charge in [0.05, 0.1) is 9.86 Å². The van der Waals surface area contributed by atoms with Gasteiger partial charge in [-0.15, -0.1) is 0 Å². The Morgan fingerprint density at radius 2 is 2.27 bits per heavy atom. The number of H-pyrrole nitrogens is 1. The zero-order chi connectivity index (χ0) is 11.2. The van der Waals surface area contributed by atoms with E-state index in [4.69, 9.17) is 11.6 Å². The van der Waals surface area contributed by atoms with E-state index >= 15 is 0 Å². The van der Waals surface area contributed by atoms with Crippen LogP contribution in [0.2, 0.25) is 5.28 Å². The van der Waals surface area contributed by atoms with Crippen molar-refractivity contribution >= 4 is 38.4 Å². The Morgan fingerprint density at radius 3 is 2.93 bits per heavy atom. The van der Waals surface area contributed by atoms with Gasteiger partial charge in [-0.1, -0.05) is 0 Å². The summed E-state index contributed by atoms with van der Waals surface area (Å²) >= 11 is 8.62. The first-order chi connectivity index (χ1) is 7.00. The van der Waals surface area contributed by atoms with Crippen molar-refractivity contribution in [2.24, 2.45) is 0 Å². The van der Waals surface area contributed by atoms with Crippen LogP contribution in [-0.2, 0) is 0 Å². The van der Waals surface area contributed by atoms with Crippen molar-refractivity contribution in [3.05, 3.63) is 37.6 Å². The number of nitrogens with one attached hydrogen (secondary N) is 1. The molecule has 0 saturated heterocycles. The topological polar surface area (TPSA) is 45.8 Å². The smallest absolute Gasteiger partial charge is 0.259 e. The highest BCUT2D eigenvalue weighted by atomic mass is 79.9. The number of benzene rings is 1. The van der Waals surface area contributed by atoms with E-state index in [9.17, 15) is 9.18 Å². The second-order valence-corrected chi connectivity index (χ2v) is 4.23. The van der Waals surface area contributed by atoms with E-state index in [1.807, 2.05) is 0 Å². The minimum Gasteiger partial charge on any atom is -0.297 e. The summed E-state index contributed by atoms with van der Waals surface area (Å²) in [6.07, 6.45) is 0. The highest BCUT2D eigenvalue weighted by molar-refractivity contribution is 9.10. The van der Waals surface area contributed by atoms with E-state index in [2.05, 4.69) is 25.9 Å². The minimum atomic E-state index is -0.571. The molecule has 0 bridgehead atoms. The number of rotatable bonds is 0. The Labute approximate surface area is 97.4 Å². The maximum atomic E-state index is 13.7. The number of nitrogens with zero attached hydrogens (tertiary/aromatic N) is 1. The van der Waals surface area contributed by atoms with Gasteiger partial charge in [-0.3, -0.25) is 9.78 Å². The number of aromatic amines is 1. The molecule has 0 fully saturated rings. The maximum absolute atomic E-state index is 13.7. The molecule has 78 valence electrons. The van der Waals surface area contributed by atoms with Crippen molar-refractivity contribution in [3.63, 3.8) is 0 Å². The van der Waals surface area contributed by atoms with Gasteiger partial charge in [0.1, 0.15) is 5.52 Å². The molecule has 0 saturated carbocycles. The van der Waals surface area contributed by atoms with E-state index < -0.39 is 11.4 Å². The molecule has 3 nitrogen and oxygen atoms in total. The van der Waals surface area contributed by atoms with Crippen LogP contribution in [-0.4, -0.2) is 9.97 Å². The van der Waals surface area contributed by atoms with Gasteiger partial charge in [-0.05, 0) is 46.1 Å². The van der Waals surface area contributed by atoms with Crippen molar-refractivity contribution in [1.82, 2.24) is 9.97 Å².